The topological polar surface area (TPSA) is 70.9 Å². The van der Waals surface area contributed by atoms with Gasteiger partial charge in [0.2, 0.25) is 0 Å². The van der Waals surface area contributed by atoms with Crippen LogP contribution in [0.15, 0.2) is 0 Å². The molecule has 1 aromatic rings. The maximum Gasteiger partial charge on any atom is 0.165 e. The molecule has 0 aromatic carbocycles. The van der Waals surface area contributed by atoms with Crippen LogP contribution in [0.25, 0.3) is 0 Å². The van der Waals surface area contributed by atoms with E-state index in [4.69, 9.17) is 22.6 Å². The smallest absolute Gasteiger partial charge is 0.165 e. The van der Waals surface area contributed by atoms with Crippen molar-refractivity contribution in [1.29, 1.82) is 5.26 Å². The SMILES string of the molecule is N#Cc1c(N)nn2c1N(CCCl)CC2. The molecular weight excluding hydrogens is 202 g/mol. The van der Waals surface area contributed by atoms with Gasteiger partial charge in [-0.05, 0) is 0 Å². The fourth-order valence-corrected chi connectivity index (χ4v) is 1.90. The highest BCUT2D eigenvalue weighted by molar-refractivity contribution is 6.18. The predicted octanol–water partition coefficient (Wildman–Crippen LogP) is 0.396. The molecule has 0 saturated heterocycles. The zero-order chi connectivity index (χ0) is 10.1. The molecule has 1 aliphatic heterocycles. The van der Waals surface area contributed by atoms with Gasteiger partial charge >= 0.3 is 0 Å². The lowest BCUT2D eigenvalue weighted by atomic mass is 10.3. The fourth-order valence-electron chi connectivity index (χ4n) is 1.70. The van der Waals surface area contributed by atoms with Crippen LogP contribution in [0.5, 0.6) is 0 Å². The van der Waals surface area contributed by atoms with Gasteiger partial charge in [0.25, 0.3) is 0 Å². The summed E-state index contributed by atoms with van der Waals surface area (Å²) in [5.74, 6) is 1.66. The molecule has 74 valence electrons. The molecule has 0 bridgehead atoms. The maximum atomic E-state index is 8.91. The van der Waals surface area contributed by atoms with Gasteiger partial charge in [0.1, 0.15) is 17.5 Å². The summed E-state index contributed by atoms with van der Waals surface area (Å²) < 4.78 is 1.76. The lowest BCUT2D eigenvalue weighted by molar-refractivity contribution is 0.692. The quantitative estimate of drug-likeness (QED) is 0.719. The molecule has 0 atom stereocenters. The first-order chi connectivity index (χ1) is 6.77. The molecule has 14 heavy (non-hydrogen) atoms. The lowest BCUT2D eigenvalue weighted by Crippen LogP contribution is -2.23. The standard InChI is InChI=1S/C8H10ClN5/c9-1-2-13-3-4-14-8(13)6(5-10)7(11)12-14/h1-4H2,(H2,11,12). The number of nitrogen functional groups attached to an aromatic ring is 1. The van der Waals surface area contributed by atoms with E-state index in [2.05, 4.69) is 11.2 Å². The van der Waals surface area contributed by atoms with Crippen LogP contribution in [0.3, 0.4) is 0 Å². The van der Waals surface area contributed by atoms with E-state index in [-0.39, 0.29) is 0 Å². The van der Waals surface area contributed by atoms with Gasteiger partial charge in [0.15, 0.2) is 5.82 Å². The Morgan fingerprint density at radius 2 is 2.36 bits per heavy atom. The van der Waals surface area contributed by atoms with E-state index in [1.165, 1.54) is 0 Å². The number of alkyl halides is 1. The molecule has 6 heteroatoms. The van der Waals surface area contributed by atoms with Gasteiger partial charge in [-0.15, -0.1) is 11.6 Å². The molecule has 0 aliphatic carbocycles. The molecule has 0 spiro atoms. The minimum absolute atomic E-state index is 0.307. The van der Waals surface area contributed by atoms with Crippen LogP contribution in [0.4, 0.5) is 11.6 Å². The van der Waals surface area contributed by atoms with Crippen molar-refractivity contribution in [3.63, 3.8) is 0 Å². The average molecular weight is 212 g/mol. The molecule has 2 heterocycles. The number of hydrogen-bond acceptors (Lipinski definition) is 4. The number of anilines is 2. The van der Waals surface area contributed by atoms with E-state index < -0.39 is 0 Å². The second-order valence-electron chi connectivity index (χ2n) is 3.09. The molecule has 0 fully saturated rings. The van der Waals surface area contributed by atoms with Gasteiger partial charge < -0.3 is 10.6 Å². The van der Waals surface area contributed by atoms with Gasteiger partial charge in [-0.2, -0.15) is 10.4 Å². The van der Waals surface area contributed by atoms with Gasteiger partial charge in [0, 0.05) is 19.0 Å². The molecule has 2 N–H and O–H groups in total. The van der Waals surface area contributed by atoms with Crippen LogP contribution in [-0.2, 0) is 6.54 Å². The fraction of sp³-hybridized carbons (Fsp3) is 0.500. The summed E-state index contributed by atoms with van der Waals surface area (Å²) in [5.41, 5.74) is 6.07. The van der Waals surface area contributed by atoms with Crippen molar-refractivity contribution in [2.75, 3.05) is 29.6 Å². The Kier molecular flexibility index (Phi) is 2.22. The van der Waals surface area contributed by atoms with Gasteiger partial charge in [0.05, 0.1) is 6.54 Å². The number of rotatable bonds is 2. The van der Waals surface area contributed by atoms with Gasteiger partial charge in [-0.1, -0.05) is 0 Å². The second kappa shape index (κ2) is 3.39. The zero-order valence-electron chi connectivity index (χ0n) is 7.57. The third-order valence-corrected chi connectivity index (χ3v) is 2.47. The first kappa shape index (κ1) is 9.16. The van der Waals surface area contributed by atoms with Crippen molar-refractivity contribution in [3.8, 4) is 6.07 Å². The third kappa shape index (κ3) is 1.19. The van der Waals surface area contributed by atoms with E-state index in [0.717, 1.165) is 25.5 Å². The number of halogens is 1. The predicted molar refractivity (Wildman–Crippen MR) is 54.3 cm³/mol. The van der Waals surface area contributed by atoms with E-state index in [0.29, 0.717) is 17.3 Å². The normalized spacial score (nSPS) is 14.1. The summed E-state index contributed by atoms with van der Waals surface area (Å²) in [6.45, 7) is 2.35. The Bertz CT molecular complexity index is 391. The van der Waals surface area contributed by atoms with E-state index in [1.807, 2.05) is 4.90 Å². The van der Waals surface area contributed by atoms with Crippen molar-refractivity contribution in [2.24, 2.45) is 0 Å². The Morgan fingerprint density at radius 3 is 3.00 bits per heavy atom. The molecule has 5 nitrogen and oxygen atoms in total. The number of aromatic nitrogens is 2. The van der Waals surface area contributed by atoms with Crippen LogP contribution in [0.1, 0.15) is 5.56 Å². The molecular formula is C8H10ClN5. The highest BCUT2D eigenvalue weighted by Crippen LogP contribution is 2.28. The minimum atomic E-state index is 0.307. The summed E-state index contributed by atoms with van der Waals surface area (Å²) in [6, 6.07) is 2.07. The van der Waals surface area contributed by atoms with Crippen molar-refractivity contribution in [1.82, 2.24) is 9.78 Å². The number of hydrogen-bond donors (Lipinski definition) is 1. The van der Waals surface area contributed by atoms with E-state index in [1.54, 1.807) is 4.68 Å². The molecule has 0 saturated carbocycles. The van der Waals surface area contributed by atoms with Crippen LogP contribution in [-0.4, -0.2) is 28.8 Å². The van der Waals surface area contributed by atoms with Crippen LogP contribution < -0.4 is 10.6 Å². The Morgan fingerprint density at radius 1 is 1.57 bits per heavy atom. The Hall–Kier alpha value is -1.41. The van der Waals surface area contributed by atoms with Crippen LogP contribution in [0, 0.1) is 11.3 Å². The van der Waals surface area contributed by atoms with Crippen molar-refractivity contribution >= 4 is 23.2 Å². The number of nitriles is 1. The largest absolute Gasteiger partial charge is 0.381 e. The van der Waals surface area contributed by atoms with E-state index >= 15 is 0 Å². The molecule has 2 rings (SSSR count). The van der Waals surface area contributed by atoms with Gasteiger partial charge in [-0.25, -0.2) is 4.68 Å². The number of nitrogens with two attached hydrogens (primary N) is 1. The third-order valence-electron chi connectivity index (χ3n) is 2.30. The first-order valence-electron chi connectivity index (χ1n) is 4.35. The lowest BCUT2D eigenvalue weighted by Gasteiger charge is -2.14. The minimum Gasteiger partial charge on any atom is -0.381 e. The Balaban J connectivity index is 2.42. The molecule has 0 radical (unpaired) electrons. The van der Waals surface area contributed by atoms with Crippen LogP contribution in [0.2, 0.25) is 0 Å². The van der Waals surface area contributed by atoms with Gasteiger partial charge in [-0.3, -0.25) is 0 Å². The zero-order valence-corrected chi connectivity index (χ0v) is 8.33. The summed E-state index contributed by atoms with van der Waals surface area (Å²) in [5, 5.41) is 13.0. The molecule has 0 amide bonds. The monoisotopic (exact) mass is 211 g/mol. The number of fused-ring (bicyclic) bond motifs is 1. The second-order valence-corrected chi connectivity index (χ2v) is 3.47. The highest BCUT2D eigenvalue weighted by Gasteiger charge is 2.26. The maximum absolute atomic E-state index is 8.91. The molecule has 1 aromatic heterocycles. The Labute approximate surface area is 86.7 Å². The average Bonchev–Trinajstić information content (AvgIpc) is 2.66. The molecule has 0 unspecified atom stereocenters. The van der Waals surface area contributed by atoms with Crippen molar-refractivity contribution < 1.29 is 0 Å². The molecule has 1 aliphatic rings. The van der Waals surface area contributed by atoms with E-state index in [9.17, 15) is 0 Å². The highest BCUT2D eigenvalue weighted by atomic mass is 35.5. The summed E-state index contributed by atoms with van der Waals surface area (Å²) in [7, 11) is 0. The summed E-state index contributed by atoms with van der Waals surface area (Å²) in [6.07, 6.45) is 0. The van der Waals surface area contributed by atoms with Crippen molar-refractivity contribution in [3.05, 3.63) is 5.56 Å². The summed E-state index contributed by atoms with van der Waals surface area (Å²) in [4.78, 5) is 2.04. The first-order valence-corrected chi connectivity index (χ1v) is 4.88. The summed E-state index contributed by atoms with van der Waals surface area (Å²) >= 11 is 5.66. The van der Waals surface area contributed by atoms with Crippen molar-refractivity contribution in [2.45, 2.75) is 6.54 Å². The van der Waals surface area contributed by atoms with Crippen LogP contribution >= 0.6 is 11.6 Å². The number of nitrogens with zero attached hydrogens (tertiary/aromatic N) is 4.